The van der Waals surface area contributed by atoms with Gasteiger partial charge in [-0.05, 0) is 56.1 Å². The number of hydrogen-bond acceptors (Lipinski definition) is 6. The van der Waals surface area contributed by atoms with Crippen molar-refractivity contribution in [2.24, 2.45) is 0 Å². The lowest BCUT2D eigenvalue weighted by atomic mass is 9.98. The molecule has 7 nitrogen and oxygen atoms in total. The minimum atomic E-state index is -0.134. The first-order valence-corrected chi connectivity index (χ1v) is 10.7. The van der Waals surface area contributed by atoms with Gasteiger partial charge in [0, 0.05) is 30.6 Å². The third-order valence-corrected chi connectivity index (χ3v) is 5.58. The Balaban J connectivity index is 1.62. The molecule has 0 unspecified atom stereocenters. The molecule has 0 spiro atoms. The summed E-state index contributed by atoms with van der Waals surface area (Å²) in [5.41, 5.74) is 2.68. The van der Waals surface area contributed by atoms with Crippen LogP contribution in [0.2, 0.25) is 0 Å². The van der Waals surface area contributed by atoms with Crippen LogP contribution < -0.4 is 15.0 Å². The normalized spacial score (nSPS) is 16.8. The fraction of sp³-hybridized carbons (Fsp3) is 0.375. The van der Waals surface area contributed by atoms with Crippen molar-refractivity contribution in [1.29, 1.82) is 0 Å². The number of hydrogen-bond donors (Lipinski definition) is 1. The number of piperidine rings is 1. The van der Waals surface area contributed by atoms with E-state index < -0.39 is 0 Å². The molecule has 1 aromatic carbocycles. The van der Waals surface area contributed by atoms with E-state index in [1.807, 2.05) is 31.2 Å². The van der Waals surface area contributed by atoms with Gasteiger partial charge >= 0.3 is 0 Å². The van der Waals surface area contributed by atoms with Crippen LogP contribution in [0, 0.1) is 0 Å². The average Bonchev–Trinajstić information content (AvgIpc) is 2.80. The number of aromatic nitrogens is 3. The van der Waals surface area contributed by atoms with Gasteiger partial charge in [-0.1, -0.05) is 12.5 Å². The van der Waals surface area contributed by atoms with Gasteiger partial charge in [0.15, 0.2) is 11.5 Å². The second kappa shape index (κ2) is 9.75. The zero-order valence-electron chi connectivity index (χ0n) is 18.0. The minimum absolute atomic E-state index is 0.0919. The molecule has 3 aromatic rings. The molecule has 1 N–H and O–H groups in total. The van der Waals surface area contributed by atoms with E-state index in [-0.39, 0.29) is 11.6 Å². The topological polar surface area (TPSA) is 80.3 Å². The molecule has 4 rings (SSSR count). The number of nitrogens with zero attached hydrogens (tertiary/aromatic N) is 3. The van der Waals surface area contributed by atoms with Crippen molar-refractivity contribution in [3.05, 3.63) is 70.4 Å². The van der Waals surface area contributed by atoms with E-state index in [0.29, 0.717) is 12.4 Å². The van der Waals surface area contributed by atoms with Crippen LogP contribution in [0.1, 0.15) is 43.5 Å². The molecule has 1 aliphatic rings. The summed E-state index contributed by atoms with van der Waals surface area (Å²) < 4.78 is 11.2. The van der Waals surface area contributed by atoms with Crippen molar-refractivity contribution in [3.8, 4) is 22.9 Å². The molecular weight excluding hydrogens is 392 g/mol. The largest absolute Gasteiger partial charge is 0.493 e. The molecular formula is C24H28N4O3. The molecule has 3 heterocycles. The van der Waals surface area contributed by atoms with Gasteiger partial charge in [0.05, 0.1) is 25.5 Å². The van der Waals surface area contributed by atoms with Gasteiger partial charge in [-0.3, -0.25) is 14.7 Å². The Kier molecular flexibility index (Phi) is 6.62. The number of H-pyrrole nitrogens is 1. The van der Waals surface area contributed by atoms with Crippen molar-refractivity contribution < 1.29 is 9.47 Å². The molecule has 0 saturated carbocycles. The molecule has 7 heteroatoms. The number of aromatic amines is 1. The third kappa shape index (κ3) is 4.94. The Morgan fingerprint density at radius 3 is 2.74 bits per heavy atom. The van der Waals surface area contributed by atoms with Gasteiger partial charge in [-0.2, -0.15) is 0 Å². The van der Waals surface area contributed by atoms with Gasteiger partial charge < -0.3 is 14.5 Å². The number of pyridine rings is 1. The van der Waals surface area contributed by atoms with Gasteiger partial charge in [0.2, 0.25) is 0 Å². The second-order valence-electron chi connectivity index (χ2n) is 7.66. The Labute approximate surface area is 182 Å². The summed E-state index contributed by atoms with van der Waals surface area (Å²) in [7, 11) is 1.65. The van der Waals surface area contributed by atoms with Crippen molar-refractivity contribution in [2.45, 2.75) is 38.8 Å². The number of nitrogens with one attached hydrogen (secondary N) is 1. The molecule has 0 amide bonds. The monoisotopic (exact) mass is 420 g/mol. The smallest absolute Gasteiger partial charge is 0.251 e. The molecule has 0 radical (unpaired) electrons. The van der Waals surface area contributed by atoms with Crippen LogP contribution in [0.5, 0.6) is 11.5 Å². The molecule has 1 saturated heterocycles. The van der Waals surface area contributed by atoms with Crippen molar-refractivity contribution in [1.82, 2.24) is 19.9 Å². The lowest BCUT2D eigenvalue weighted by Crippen LogP contribution is -2.34. The standard InChI is InChI=1S/C24H28N4O3/c1-3-31-22-14-17(7-8-21(22)30-2)16-28-13-5-4-6-20(28)19-15-23(29)27-24(26-19)18-9-11-25-12-10-18/h7-12,14-15,20H,3-6,13,16H2,1-2H3,(H,26,27,29)/t20-/m0/s1. The summed E-state index contributed by atoms with van der Waals surface area (Å²) in [5, 5.41) is 0. The highest BCUT2D eigenvalue weighted by atomic mass is 16.5. The van der Waals surface area contributed by atoms with Crippen molar-refractivity contribution in [2.75, 3.05) is 20.3 Å². The van der Waals surface area contributed by atoms with Gasteiger partial charge in [0.1, 0.15) is 5.82 Å². The van der Waals surface area contributed by atoms with Crippen LogP contribution in [-0.2, 0) is 6.54 Å². The summed E-state index contributed by atoms with van der Waals surface area (Å²) >= 11 is 0. The Morgan fingerprint density at radius 2 is 1.97 bits per heavy atom. The fourth-order valence-corrected chi connectivity index (χ4v) is 4.13. The SMILES string of the molecule is CCOc1cc(CN2CCCC[C@H]2c2cc(=O)[nH]c(-c3ccncc3)n2)ccc1OC. The number of ether oxygens (including phenoxy) is 2. The molecule has 2 aromatic heterocycles. The first kappa shape index (κ1) is 21.1. The van der Waals surface area contributed by atoms with Crippen LogP contribution in [0.3, 0.4) is 0 Å². The minimum Gasteiger partial charge on any atom is -0.493 e. The number of benzene rings is 1. The highest BCUT2D eigenvalue weighted by molar-refractivity contribution is 5.53. The van der Waals surface area contributed by atoms with E-state index in [0.717, 1.165) is 60.7 Å². The van der Waals surface area contributed by atoms with Crippen molar-refractivity contribution in [3.63, 3.8) is 0 Å². The highest BCUT2D eigenvalue weighted by Gasteiger charge is 2.26. The van der Waals surface area contributed by atoms with Crippen LogP contribution in [-0.4, -0.2) is 40.1 Å². The van der Waals surface area contributed by atoms with E-state index in [1.54, 1.807) is 25.6 Å². The van der Waals surface area contributed by atoms with Crippen molar-refractivity contribution >= 4 is 0 Å². The number of methoxy groups -OCH3 is 1. The van der Waals surface area contributed by atoms with E-state index in [1.165, 1.54) is 0 Å². The molecule has 31 heavy (non-hydrogen) atoms. The molecule has 162 valence electrons. The lowest BCUT2D eigenvalue weighted by molar-refractivity contribution is 0.137. The lowest BCUT2D eigenvalue weighted by Gasteiger charge is -2.35. The molecule has 0 bridgehead atoms. The number of rotatable bonds is 7. The van der Waals surface area contributed by atoms with Crippen LogP contribution >= 0.6 is 0 Å². The van der Waals surface area contributed by atoms with E-state index in [9.17, 15) is 4.79 Å². The molecule has 0 aliphatic carbocycles. The van der Waals surface area contributed by atoms with E-state index in [4.69, 9.17) is 14.5 Å². The first-order valence-electron chi connectivity index (χ1n) is 10.7. The molecule has 1 aliphatic heterocycles. The zero-order chi connectivity index (χ0) is 21.6. The second-order valence-corrected chi connectivity index (χ2v) is 7.66. The summed E-state index contributed by atoms with van der Waals surface area (Å²) in [6.07, 6.45) is 6.63. The Hall–Kier alpha value is -3.19. The predicted octanol–water partition coefficient (Wildman–Crippen LogP) is 3.97. The average molecular weight is 421 g/mol. The van der Waals surface area contributed by atoms with Gasteiger partial charge in [-0.15, -0.1) is 0 Å². The quantitative estimate of drug-likeness (QED) is 0.623. The molecule has 1 atom stereocenters. The maximum absolute atomic E-state index is 12.4. The first-order chi connectivity index (χ1) is 15.2. The van der Waals surface area contributed by atoms with Crippen LogP contribution in [0.15, 0.2) is 53.6 Å². The fourth-order valence-electron chi connectivity index (χ4n) is 4.13. The maximum atomic E-state index is 12.4. The van der Waals surface area contributed by atoms with E-state index in [2.05, 4.69) is 20.9 Å². The maximum Gasteiger partial charge on any atom is 0.251 e. The van der Waals surface area contributed by atoms with Gasteiger partial charge in [-0.25, -0.2) is 4.98 Å². The number of likely N-dealkylation sites (tertiary alicyclic amines) is 1. The Bertz CT molecular complexity index is 1070. The van der Waals surface area contributed by atoms with Crippen LogP contribution in [0.4, 0.5) is 0 Å². The third-order valence-electron chi connectivity index (χ3n) is 5.58. The summed E-state index contributed by atoms with van der Waals surface area (Å²) in [6.45, 7) is 4.26. The van der Waals surface area contributed by atoms with E-state index >= 15 is 0 Å². The molecule has 1 fully saturated rings. The highest BCUT2D eigenvalue weighted by Crippen LogP contribution is 2.33. The summed E-state index contributed by atoms with van der Waals surface area (Å²) in [4.78, 5) is 26.6. The summed E-state index contributed by atoms with van der Waals surface area (Å²) in [5.74, 6) is 2.07. The predicted molar refractivity (Wildman–Crippen MR) is 119 cm³/mol. The Morgan fingerprint density at radius 1 is 1.13 bits per heavy atom. The zero-order valence-corrected chi connectivity index (χ0v) is 18.0. The van der Waals surface area contributed by atoms with Crippen LogP contribution in [0.25, 0.3) is 11.4 Å². The van der Waals surface area contributed by atoms with Gasteiger partial charge in [0.25, 0.3) is 5.56 Å². The summed E-state index contributed by atoms with van der Waals surface area (Å²) in [6, 6.07) is 11.5.